The largest absolute Gasteiger partial charge is 0.353 e. The fraction of sp³-hybridized carbons (Fsp3) is 0.938. The van der Waals surface area contributed by atoms with Crippen LogP contribution < -0.4 is 10.6 Å². The number of carbonyl (C=O) groups excluding carboxylic acids is 1. The number of amides is 1. The second kappa shape index (κ2) is 5.08. The molecule has 2 aliphatic carbocycles. The van der Waals surface area contributed by atoms with E-state index in [1.807, 2.05) is 0 Å². The van der Waals surface area contributed by atoms with Crippen molar-refractivity contribution in [3.8, 4) is 0 Å². The molecule has 3 nitrogen and oxygen atoms in total. The standard InChI is InChI=1S/C16H30N2O/c1-6-17-11(2)9-14(19)18-13-10-12-7-8-16(13,5)15(12,3)4/h11-13,17H,6-10H2,1-5H3,(H,18,19). The molecule has 2 rings (SSSR count). The molecule has 2 fully saturated rings. The first-order valence-corrected chi connectivity index (χ1v) is 7.84. The molecule has 0 heterocycles. The SMILES string of the molecule is CCNC(C)CC(=O)NC1CC2CCC1(C)C2(C)C. The Bertz CT molecular complexity index is 353. The van der Waals surface area contributed by atoms with Gasteiger partial charge in [-0.3, -0.25) is 4.79 Å². The molecule has 1 amide bonds. The van der Waals surface area contributed by atoms with Crippen molar-refractivity contribution < 1.29 is 4.79 Å². The Balaban J connectivity index is 1.93. The molecule has 0 aromatic rings. The van der Waals surface area contributed by atoms with Crippen LogP contribution in [-0.2, 0) is 4.79 Å². The minimum absolute atomic E-state index is 0.211. The zero-order valence-electron chi connectivity index (χ0n) is 13.2. The Morgan fingerprint density at radius 3 is 2.53 bits per heavy atom. The smallest absolute Gasteiger partial charge is 0.221 e. The van der Waals surface area contributed by atoms with Crippen LogP contribution in [0.5, 0.6) is 0 Å². The molecule has 4 unspecified atom stereocenters. The van der Waals surface area contributed by atoms with E-state index < -0.39 is 0 Å². The fourth-order valence-corrected chi connectivity index (χ4v) is 4.37. The number of fused-ring (bicyclic) bond motifs is 2. The van der Waals surface area contributed by atoms with E-state index in [1.54, 1.807) is 0 Å². The summed E-state index contributed by atoms with van der Waals surface area (Å²) < 4.78 is 0. The molecule has 110 valence electrons. The van der Waals surface area contributed by atoms with Gasteiger partial charge >= 0.3 is 0 Å². The van der Waals surface area contributed by atoms with Gasteiger partial charge in [-0.15, -0.1) is 0 Å². The molecule has 3 heteroatoms. The minimum Gasteiger partial charge on any atom is -0.353 e. The van der Waals surface area contributed by atoms with Crippen molar-refractivity contribution in [2.45, 2.75) is 72.4 Å². The number of rotatable bonds is 5. The topological polar surface area (TPSA) is 41.1 Å². The lowest BCUT2D eigenvalue weighted by atomic mass is 9.69. The first-order chi connectivity index (χ1) is 8.81. The average Bonchev–Trinajstić information content (AvgIpc) is 2.62. The molecule has 2 aliphatic rings. The van der Waals surface area contributed by atoms with Crippen LogP contribution in [0.25, 0.3) is 0 Å². The van der Waals surface area contributed by atoms with Gasteiger partial charge in [-0.25, -0.2) is 0 Å². The Labute approximate surface area is 117 Å². The normalized spacial score (nSPS) is 37.3. The quantitative estimate of drug-likeness (QED) is 0.803. The maximum Gasteiger partial charge on any atom is 0.221 e. The number of hydrogen-bond acceptors (Lipinski definition) is 2. The zero-order chi connectivity index (χ0) is 14.3. The van der Waals surface area contributed by atoms with Crippen molar-refractivity contribution >= 4 is 5.91 Å². The number of hydrogen-bond donors (Lipinski definition) is 2. The van der Waals surface area contributed by atoms with Gasteiger partial charge in [0.1, 0.15) is 0 Å². The van der Waals surface area contributed by atoms with Gasteiger partial charge in [0.25, 0.3) is 0 Å². The summed E-state index contributed by atoms with van der Waals surface area (Å²) in [6, 6.07) is 0.645. The monoisotopic (exact) mass is 266 g/mol. The van der Waals surface area contributed by atoms with Crippen molar-refractivity contribution in [3.05, 3.63) is 0 Å². The van der Waals surface area contributed by atoms with E-state index >= 15 is 0 Å². The summed E-state index contributed by atoms with van der Waals surface area (Å²) in [4.78, 5) is 12.2. The van der Waals surface area contributed by atoms with Crippen LogP contribution in [0, 0.1) is 16.7 Å². The summed E-state index contributed by atoms with van der Waals surface area (Å²) in [5.41, 5.74) is 0.660. The third-order valence-corrected chi connectivity index (χ3v) is 6.17. The molecule has 19 heavy (non-hydrogen) atoms. The maximum atomic E-state index is 12.2. The lowest BCUT2D eigenvalue weighted by Gasteiger charge is -2.39. The van der Waals surface area contributed by atoms with Crippen LogP contribution in [0.3, 0.4) is 0 Å². The molecule has 0 saturated heterocycles. The summed E-state index contributed by atoms with van der Waals surface area (Å²) >= 11 is 0. The first kappa shape index (κ1) is 14.8. The van der Waals surface area contributed by atoms with E-state index in [4.69, 9.17) is 0 Å². The lowest BCUT2D eigenvalue weighted by Crippen LogP contribution is -2.48. The van der Waals surface area contributed by atoms with Gasteiger partial charge in [0, 0.05) is 18.5 Å². The van der Waals surface area contributed by atoms with E-state index in [0.717, 1.165) is 12.5 Å². The molecule has 0 spiro atoms. The van der Waals surface area contributed by atoms with Crippen molar-refractivity contribution in [1.29, 1.82) is 0 Å². The van der Waals surface area contributed by atoms with Crippen molar-refractivity contribution in [2.75, 3.05) is 6.54 Å². The molecule has 0 aromatic heterocycles. The molecular formula is C16H30N2O. The van der Waals surface area contributed by atoms with Crippen LogP contribution >= 0.6 is 0 Å². The highest BCUT2D eigenvalue weighted by Crippen LogP contribution is 2.65. The van der Waals surface area contributed by atoms with E-state index in [-0.39, 0.29) is 17.4 Å². The minimum atomic E-state index is 0.211. The third kappa shape index (κ3) is 2.42. The van der Waals surface area contributed by atoms with Gasteiger partial charge in [-0.05, 0) is 49.5 Å². The van der Waals surface area contributed by atoms with Crippen LogP contribution in [0.15, 0.2) is 0 Å². The van der Waals surface area contributed by atoms with E-state index in [1.165, 1.54) is 19.3 Å². The number of carbonyl (C=O) groups is 1. The van der Waals surface area contributed by atoms with Crippen molar-refractivity contribution in [3.63, 3.8) is 0 Å². The van der Waals surface area contributed by atoms with Gasteiger partial charge < -0.3 is 10.6 Å². The molecule has 2 saturated carbocycles. The second-order valence-electron chi connectivity index (χ2n) is 7.39. The molecule has 2 N–H and O–H groups in total. The van der Waals surface area contributed by atoms with Gasteiger partial charge in [-0.2, -0.15) is 0 Å². The van der Waals surface area contributed by atoms with E-state index in [0.29, 0.717) is 17.9 Å². The first-order valence-electron chi connectivity index (χ1n) is 7.84. The van der Waals surface area contributed by atoms with Crippen LogP contribution in [0.2, 0.25) is 0 Å². The molecule has 0 radical (unpaired) electrons. The third-order valence-electron chi connectivity index (χ3n) is 6.17. The summed E-state index contributed by atoms with van der Waals surface area (Å²) in [5, 5.41) is 6.62. The van der Waals surface area contributed by atoms with E-state index in [9.17, 15) is 4.79 Å². The molecular weight excluding hydrogens is 236 g/mol. The number of nitrogens with one attached hydrogen (secondary N) is 2. The average molecular weight is 266 g/mol. The van der Waals surface area contributed by atoms with Crippen LogP contribution in [0.1, 0.15) is 60.3 Å². The molecule has 2 bridgehead atoms. The Morgan fingerprint density at radius 1 is 1.37 bits per heavy atom. The maximum absolute atomic E-state index is 12.2. The van der Waals surface area contributed by atoms with Gasteiger partial charge in [-0.1, -0.05) is 27.7 Å². The summed E-state index contributed by atoms with van der Waals surface area (Å²) in [7, 11) is 0. The lowest BCUT2D eigenvalue weighted by molar-refractivity contribution is -0.123. The van der Waals surface area contributed by atoms with E-state index in [2.05, 4.69) is 45.3 Å². The summed E-state index contributed by atoms with van der Waals surface area (Å²) in [6.07, 6.45) is 4.36. The Hall–Kier alpha value is -0.570. The Kier molecular flexibility index (Phi) is 3.97. The molecule has 0 aromatic carbocycles. The van der Waals surface area contributed by atoms with Crippen molar-refractivity contribution in [1.82, 2.24) is 10.6 Å². The highest BCUT2D eigenvalue weighted by atomic mass is 16.1. The van der Waals surface area contributed by atoms with Crippen LogP contribution in [0.4, 0.5) is 0 Å². The molecule has 0 aliphatic heterocycles. The second-order valence-corrected chi connectivity index (χ2v) is 7.39. The van der Waals surface area contributed by atoms with Gasteiger partial charge in [0.15, 0.2) is 0 Å². The summed E-state index contributed by atoms with van der Waals surface area (Å²) in [6.45, 7) is 12.2. The van der Waals surface area contributed by atoms with Gasteiger partial charge in [0.05, 0.1) is 0 Å². The predicted molar refractivity (Wildman–Crippen MR) is 78.9 cm³/mol. The highest BCUT2D eigenvalue weighted by Gasteiger charge is 2.61. The van der Waals surface area contributed by atoms with Crippen LogP contribution in [-0.4, -0.2) is 24.5 Å². The molecule has 4 atom stereocenters. The van der Waals surface area contributed by atoms with Crippen molar-refractivity contribution in [2.24, 2.45) is 16.7 Å². The highest BCUT2D eigenvalue weighted by molar-refractivity contribution is 5.77. The summed E-state index contributed by atoms with van der Waals surface area (Å²) in [5.74, 6) is 0.997. The van der Waals surface area contributed by atoms with Gasteiger partial charge in [0.2, 0.25) is 5.91 Å². The Morgan fingerprint density at radius 2 is 2.05 bits per heavy atom. The predicted octanol–water partition coefficient (Wildman–Crippen LogP) is 2.71. The fourth-order valence-electron chi connectivity index (χ4n) is 4.37. The zero-order valence-corrected chi connectivity index (χ0v) is 13.2.